The van der Waals surface area contributed by atoms with E-state index in [-0.39, 0.29) is 29.6 Å². The molecule has 1 aromatic heterocycles. The van der Waals surface area contributed by atoms with Crippen LogP contribution >= 0.6 is 23.1 Å². The van der Waals surface area contributed by atoms with Crippen molar-refractivity contribution in [1.29, 1.82) is 0 Å². The molecule has 4 aromatic rings. The second-order valence-corrected chi connectivity index (χ2v) is 13.4. The molecule has 0 aliphatic carbocycles. The minimum Gasteiger partial charge on any atom is -0.392 e. The highest BCUT2D eigenvalue weighted by Gasteiger charge is 2.38. The first-order chi connectivity index (χ1) is 18.8. The molecule has 0 amide bonds. The van der Waals surface area contributed by atoms with Gasteiger partial charge in [0.25, 0.3) is 10.0 Å². The number of aryl methyl sites for hydroxylation is 1. The lowest BCUT2D eigenvalue weighted by Crippen LogP contribution is -2.38. The Morgan fingerprint density at radius 2 is 1.64 bits per heavy atom. The molecule has 0 unspecified atom stereocenters. The molecular weight excluding hydrogens is 555 g/mol. The molecule has 2 N–H and O–H groups in total. The summed E-state index contributed by atoms with van der Waals surface area (Å²) in [7, 11) is -3.69. The van der Waals surface area contributed by atoms with E-state index < -0.39 is 16.3 Å². The Labute approximate surface area is 236 Å². The van der Waals surface area contributed by atoms with Crippen LogP contribution in [0.1, 0.15) is 41.0 Å². The molecule has 0 bridgehead atoms. The number of aromatic nitrogens is 2. The van der Waals surface area contributed by atoms with E-state index in [1.807, 2.05) is 43.3 Å². The summed E-state index contributed by atoms with van der Waals surface area (Å²) in [4.78, 5) is 0.197. The molecule has 1 aliphatic rings. The summed E-state index contributed by atoms with van der Waals surface area (Å²) in [5.74, 6) is 0.718. The fraction of sp³-hybridized carbons (Fsp3) is 0.286. The van der Waals surface area contributed by atoms with Crippen molar-refractivity contribution in [2.75, 3.05) is 10.5 Å². The number of rotatable bonds is 9. The summed E-state index contributed by atoms with van der Waals surface area (Å²) >= 11 is 3.17. The first-order valence-corrected chi connectivity index (χ1v) is 15.7. The van der Waals surface area contributed by atoms with E-state index >= 15 is 0 Å². The van der Waals surface area contributed by atoms with E-state index in [2.05, 4.69) is 21.8 Å². The number of thioether (sulfide) groups is 1. The Kier molecular flexibility index (Phi) is 8.65. The van der Waals surface area contributed by atoms with E-state index in [1.54, 1.807) is 65.6 Å². The van der Waals surface area contributed by atoms with Crippen LogP contribution in [0.5, 0.6) is 0 Å². The van der Waals surface area contributed by atoms with Gasteiger partial charge in [-0.2, -0.15) is 0 Å². The van der Waals surface area contributed by atoms with Gasteiger partial charge in [-0.1, -0.05) is 84.6 Å². The number of hydrogen-bond donors (Lipinski definition) is 2. The Morgan fingerprint density at radius 1 is 0.949 bits per heavy atom. The molecule has 4 atom stereocenters. The number of sulfonamides is 1. The van der Waals surface area contributed by atoms with Gasteiger partial charge < -0.3 is 14.6 Å². The van der Waals surface area contributed by atoms with Crippen molar-refractivity contribution in [3.63, 3.8) is 0 Å². The van der Waals surface area contributed by atoms with Gasteiger partial charge in [0, 0.05) is 22.9 Å². The van der Waals surface area contributed by atoms with Crippen LogP contribution in [0.15, 0.2) is 88.1 Å². The van der Waals surface area contributed by atoms with Crippen LogP contribution < -0.4 is 4.72 Å². The fourth-order valence-corrected chi connectivity index (χ4v) is 7.41. The zero-order chi connectivity index (χ0) is 27.4. The summed E-state index contributed by atoms with van der Waals surface area (Å²) < 4.78 is 41.9. The van der Waals surface area contributed by atoms with Gasteiger partial charge in [-0.15, -0.1) is 10.2 Å². The zero-order valence-corrected chi connectivity index (χ0v) is 23.9. The predicted molar refractivity (Wildman–Crippen MR) is 152 cm³/mol. The minimum absolute atomic E-state index is 0.0198. The number of nitrogens with zero attached hydrogens (tertiary/aromatic N) is 2. The highest BCUT2D eigenvalue weighted by atomic mass is 32.2. The summed E-state index contributed by atoms with van der Waals surface area (Å²) in [5, 5.41) is 18.7. The number of aliphatic hydroxyl groups excluding tert-OH is 1. The highest BCUT2D eigenvalue weighted by Crippen LogP contribution is 2.43. The van der Waals surface area contributed by atoms with Crippen LogP contribution in [-0.2, 0) is 26.1 Å². The third-order valence-corrected chi connectivity index (χ3v) is 9.95. The summed E-state index contributed by atoms with van der Waals surface area (Å²) in [6.07, 6.45) is -1.03. The van der Waals surface area contributed by atoms with Crippen molar-refractivity contribution in [3.05, 3.63) is 101 Å². The van der Waals surface area contributed by atoms with E-state index in [0.29, 0.717) is 11.4 Å². The lowest BCUT2D eigenvalue weighted by atomic mass is 9.91. The summed E-state index contributed by atoms with van der Waals surface area (Å²) in [6, 6.07) is 23.1. The maximum Gasteiger partial charge on any atom is 0.261 e. The molecule has 1 fully saturated rings. The highest BCUT2D eigenvalue weighted by molar-refractivity contribution is 8.01. The molecule has 1 saturated heterocycles. The van der Waals surface area contributed by atoms with Crippen LogP contribution in [0.25, 0.3) is 0 Å². The van der Waals surface area contributed by atoms with Gasteiger partial charge in [0.2, 0.25) is 0 Å². The molecule has 5 rings (SSSR count). The van der Waals surface area contributed by atoms with Crippen LogP contribution in [0.4, 0.5) is 5.69 Å². The summed E-state index contributed by atoms with van der Waals surface area (Å²) in [5.41, 5.74) is 3.06. The maximum atomic E-state index is 12.7. The second-order valence-electron chi connectivity index (χ2n) is 9.26. The van der Waals surface area contributed by atoms with E-state index in [9.17, 15) is 13.5 Å². The van der Waals surface area contributed by atoms with Crippen LogP contribution in [-0.4, -0.2) is 35.6 Å². The summed E-state index contributed by atoms with van der Waals surface area (Å²) in [6.45, 7) is 4.02. The molecule has 39 heavy (non-hydrogen) atoms. The average molecular weight is 584 g/mol. The van der Waals surface area contributed by atoms with Gasteiger partial charge in [0.05, 0.1) is 23.7 Å². The topological polar surface area (TPSA) is 111 Å². The molecular formula is C28H29N3O5S3. The van der Waals surface area contributed by atoms with Crippen molar-refractivity contribution in [3.8, 4) is 0 Å². The number of nitrogens with one attached hydrogen (secondary N) is 1. The van der Waals surface area contributed by atoms with Gasteiger partial charge in [-0.05, 0) is 42.3 Å². The standard InChI is InChI=1S/C28H29N3O5S3/c1-18-25(17-37-28-30-29-19(2)38-28)35-27(36-26(18)21-10-8-20(16-32)9-11-21)22-12-14-23(15-13-22)31-39(33,34)24-6-4-3-5-7-24/h3-15,18,25-27,31-32H,16-17H2,1-2H3/t18-,25+,26+,27+/m1/s1. The minimum atomic E-state index is -3.69. The van der Waals surface area contributed by atoms with Gasteiger partial charge >= 0.3 is 0 Å². The smallest absolute Gasteiger partial charge is 0.261 e. The molecule has 0 radical (unpaired) electrons. The zero-order valence-electron chi connectivity index (χ0n) is 21.4. The Hall–Kier alpha value is -2.80. The molecule has 0 spiro atoms. The van der Waals surface area contributed by atoms with Gasteiger partial charge in [0.15, 0.2) is 10.6 Å². The Balaban J connectivity index is 1.36. The monoisotopic (exact) mass is 583 g/mol. The van der Waals surface area contributed by atoms with Gasteiger partial charge in [-0.25, -0.2) is 8.42 Å². The lowest BCUT2D eigenvalue weighted by Gasteiger charge is -2.41. The molecule has 2 heterocycles. The molecule has 204 valence electrons. The molecule has 8 nitrogen and oxygen atoms in total. The van der Waals surface area contributed by atoms with E-state index in [1.165, 1.54) is 0 Å². The SMILES string of the molecule is Cc1nnc(SC[C@@H]2O[C@H](c3ccc(NS(=O)(=O)c4ccccc4)cc3)O[C@H](c3ccc(CO)cc3)[C@@H]2C)s1. The van der Waals surface area contributed by atoms with Crippen molar-refractivity contribution < 1.29 is 23.0 Å². The van der Waals surface area contributed by atoms with Crippen LogP contribution in [0, 0.1) is 12.8 Å². The first-order valence-electron chi connectivity index (χ1n) is 12.4. The number of benzene rings is 3. The fourth-order valence-electron chi connectivity index (χ4n) is 4.32. The quantitative estimate of drug-likeness (QED) is 0.241. The maximum absolute atomic E-state index is 12.7. The lowest BCUT2D eigenvalue weighted by molar-refractivity contribution is -0.268. The second kappa shape index (κ2) is 12.2. The van der Waals surface area contributed by atoms with Gasteiger partial charge in [0.1, 0.15) is 5.01 Å². The molecule has 3 aromatic carbocycles. The number of aliphatic hydroxyl groups is 1. The Morgan fingerprint density at radius 3 is 2.28 bits per heavy atom. The van der Waals surface area contributed by atoms with Crippen molar-refractivity contribution >= 4 is 38.8 Å². The van der Waals surface area contributed by atoms with E-state index in [4.69, 9.17) is 9.47 Å². The van der Waals surface area contributed by atoms with Gasteiger partial charge in [-0.3, -0.25) is 4.72 Å². The third kappa shape index (κ3) is 6.68. The van der Waals surface area contributed by atoms with E-state index in [0.717, 1.165) is 26.0 Å². The number of ether oxygens (including phenoxy) is 2. The average Bonchev–Trinajstić information content (AvgIpc) is 3.38. The van der Waals surface area contributed by atoms with Crippen molar-refractivity contribution in [2.45, 2.75) is 48.2 Å². The normalized spacial score (nSPS) is 21.5. The number of hydrogen-bond acceptors (Lipinski definition) is 9. The first kappa shape index (κ1) is 27.8. The largest absolute Gasteiger partial charge is 0.392 e. The Bertz CT molecular complexity index is 1480. The predicted octanol–water partition coefficient (Wildman–Crippen LogP) is 5.72. The molecule has 11 heteroatoms. The molecule has 1 aliphatic heterocycles. The van der Waals surface area contributed by atoms with Crippen molar-refractivity contribution in [1.82, 2.24) is 10.2 Å². The van der Waals surface area contributed by atoms with Crippen molar-refractivity contribution in [2.24, 2.45) is 5.92 Å². The van der Waals surface area contributed by atoms with Crippen LogP contribution in [0.3, 0.4) is 0 Å². The molecule has 0 saturated carbocycles. The number of anilines is 1. The third-order valence-electron chi connectivity index (χ3n) is 6.49. The van der Waals surface area contributed by atoms with Crippen LogP contribution in [0.2, 0.25) is 0 Å².